The Labute approximate surface area is 84.6 Å². The molecule has 0 aliphatic rings. The lowest BCUT2D eigenvalue weighted by molar-refractivity contribution is 0.319. The maximum absolute atomic E-state index is 13.0. The molecule has 0 amide bonds. The van der Waals surface area contributed by atoms with Gasteiger partial charge < -0.3 is 0 Å². The Morgan fingerprint density at radius 1 is 1.27 bits per heavy atom. The Bertz CT molecular complexity index is 100. The molecule has 11 heavy (non-hydrogen) atoms. The van der Waals surface area contributed by atoms with Crippen LogP contribution in [0.15, 0.2) is 0 Å². The van der Waals surface area contributed by atoms with Gasteiger partial charge in [0.2, 0.25) is 0 Å². The molecule has 0 aliphatic carbocycles. The molecule has 1 atom stereocenters. The Balaban J connectivity index is 3.44. The molecular formula is C7H15FS3. The highest BCUT2D eigenvalue weighted by Crippen LogP contribution is 2.33. The van der Waals surface area contributed by atoms with Crippen molar-refractivity contribution in [2.45, 2.75) is 42.2 Å². The number of halogens is 1. The standard InChI is InChI=1S/C7H15FS3/c1-2-3-4-5-6(8)7(9,10)11/h6,9-11H,2-5H2,1H3. The van der Waals surface area contributed by atoms with Crippen molar-refractivity contribution < 1.29 is 4.39 Å². The second kappa shape index (κ2) is 5.60. The van der Waals surface area contributed by atoms with Gasteiger partial charge in [0, 0.05) is 0 Å². The van der Waals surface area contributed by atoms with Crippen LogP contribution in [0.1, 0.15) is 32.6 Å². The van der Waals surface area contributed by atoms with Gasteiger partial charge in [0.1, 0.15) is 9.58 Å². The van der Waals surface area contributed by atoms with Crippen LogP contribution in [0.3, 0.4) is 0 Å². The Hall–Kier alpha value is 0.980. The molecule has 0 bridgehead atoms. The van der Waals surface area contributed by atoms with Crippen LogP contribution < -0.4 is 0 Å². The first kappa shape index (κ1) is 12.0. The minimum atomic E-state index is -1.08. The highest BCUT2D eigenvalue weighted by molar-refractivity contribution is 8.17. The van der Waals surface area contributed by atoms with Crippen molar-refractivity contribution in [3.63, 3.8) is 0 Å². The van der Waals surface area contributed by atoms with Gasteiger partial charge in [-0.1, -0.05) is 26.2 Å². The van der Waals surface area contributed by atoms with Gasteiger partial charge in [-0.05, 0) is 6.42 Å². The average Bonchev–Trinajstić information content (AvgIpc) is 1.86. The number of rotatable bonds is 5. The van der Waals surface area contributed by atoms with Crippen molar-refractivity contribution in [1.82, 2.24) is 0 Å². The number of alkyl halides is 1. The molecule has 0 aliphatic heterocycles. The van der Waals surface area contributed by atoms with Gasteiger partial charge in [-0.15, -0.1) is 37.9 Å². The Morgan fingerprint density at radius 2 is 1.82 bits per heavy atom. The SMILES string of the molecule is CCCCCC(F)C(S)(S)S. The van der Waals surface area contributed by atoms with Gasteiger partial charge in [-0.3, -0.25) is 0 Å². The fraction of sp³-hybridized carbons (Fsp3) is 1.00. The summed E-state index contributed by atoms with van der Waals surface area (Å²) in [6.45, 7) is 2.09. The summed E-state index contributed by atoms with van der Waals surface area (Å²) in [6.07, 6.45) is 2.52. The molecule has 0 saturated heterocycles. The number of unbranched alkanes of at least 4 members (excludes halogenated alkanes) is 2. The van der Waals surface area contributed by atoms with Crippen LogP contribution in [-0.4, -0.2) is 9.58 Å². The van der Waals surface area contributed by atoms with Crippen LogP contribution in [0.2, 0.25) is 0 Å². The lowest BCUT2D eigenvalue weighted by atomic mass is 10.1. The van der Waals surface area contributed by atoms with Crippen molar-refractivity contribution >= 4 is 37.9 Å². The van der Waals surface area contributed by atoms with Gasteiger partial charge in [-0.25, -0.2) is 4.39 Å². The number of hydrogen-bond acceptors (Lipinski definition) is 3. The molecular weight excluding hydrogens is 199 g/mol. The van der Waals surface area contributed by atoms with Gasteiger partial charge in [0.15, 0.2) is 0 Å². The molecule has 0 fully saturated rings. The maximum atomic E-state index is 13.0. The van der Waals surface area contributed by atoms with E-state index in [0.29, 0.717) is 6.42 Å². The molecule has 0 radical (unpaired) electrons. The average molecular weight is 214 g/mol. The van der Waals surface area contributed by atoms with Crippen molar-refractivity contribution in [2.75, 3.05) is 0 Å². The maximum Gasteiger partial charge on any atom is 0.132 e. The van der Waals surface area contributed by atoms with Crippen molar-refractivity contribution in [2.24, 2.45) is 0 Å². The predicted molar refractivity (Wildman–Crippen MR) is 58.7 cm³/mol. The van der Waals surface area contributed by atoms with Crippen LogP contribution in [0.25, 0.3) is 0 Å². The molecule has 0 N–H and O–H groups in total. The highest BCUT2D eigenvalue weighted by atomic mass is 32.2. The minimum Gasteiger partial charge on any atom is -0.244 e. The monoisotopic (exact) mass is 214 g/mol. The van der Waals surface area contributed by atoms with Crippen LogP contribution in [0.5, 0.6) is 0 Å². The first-order chi connectivity index (χ1) is 4.98. The van der Waals surface area contributed by atoms with Gasteiger partial charge >= 0.3 is 0 Å². The molecule has 0 saturated carbocycles. The first-order valence-corrected chi connectivity index (χ1v) is 5.13. The van der Waals surface area contributed by atoms with E-state index in [9.17, 15) is 4.39 Å². The minimum absolute atomic E-state index is 0.504. The van der Waals surface area contributed by atoms with E-state index < -0.39 is 9.58 Å². The zero-order valence-corrected chi connectivity index (χ0v) is 9.31. The van der Waals surface area contributed by atoms with E-state index >= 15 is 0 Å². The van der Waals surface area contributed by atoms with Gasteiger partial charge in [0.25, 0.3) is 0 Å². The van der Waals surface area contributed by atoms with Crippen LogP contribution in [-0.2, 0) is 0 Å². The van der Waals surface area contributed by atoms with Gasteiger partial charge in [0.05, 0.1) is 0 Å². The van der Waals surface area contributed by atoms with Crippen molar-refractivity contribution in [3.8, 4) is 0 Å². The van der Waals surface area contributed by atoms with E-state index in [4.69, 9.17) is 0 Å². The van der Waals surface area contributed by atoms with E-state index in [1.165, 1.54) is 0 Å². The molecule has 0 spiro atoms. The second-order valence-corrected chi connectivity index (χ2v) is 5.83. The highest BCUT2D eigenvalue weighted by Gasteiger charge is 2.26. The van der Waals surface area contributed by atoms with E-state index in [2.05, 4.69) is 44.8 Å². The fourth-order valence-electron chi connectivity index (χ4n) is 0.767. The summed E-state index contributed by atoms with van der Waals surface area (Å²) in [5.74, 6) is 0. The summed E-state index contributed by atoms with van der Waals surface area (Å²) < 4.78 is 11.9. The lowest BCUT2D eigenvalue weighted by Gasteiger charge is -2.20. The summed E-state index contributed by atoms with van der Waals surface area (Å²) in [4.78, 5) is 0. The molecule has 0 aromatic carbocycles. The van der Waals surface area contributed by atoms with E-state index in [0.717, 1.165) is 19.3 Å². The van der Waals surface area contributed by atoms with E-state index in [1.54, 1.807) is 0 Å². The molecule has 4 heteroatoms. The quantitative estimate of drug-likeness (QED) is 0.349. The van der Waals surface area contributed by atoms with Crippen LogP contribution in [0, 0.1) is 0 Å². The summed E-state index contributed by atoms with van der Waals surface area (Å²) in [5.41, 5.74) is 0. The predicted octanol–water partition coefficient (Wildman–Crippen LogP) is 3.35. The third kappa shape index (κ3) is 6.17. The Morgan fingerprint density at radius 3 is 2.18 bits per heavy atom. The van der Waals surface area contributed by atoms with Gasteiger partial charge in [-0.2, -0.15) is 0 Å². The van der Waals surface area contributed by atoms with E-state index in [1.807, 2.05) is 0 Å². The molecule has 1 unspecified atom stereocenters. The molecule has 68 valence electrons. The van der Waals surface area contributed by atoms with Crippen LogP contribution >= 0.6 is 37.9 Å². The third-order valence-electron chi connectivity index (χ3n) is 1.48. The zero-order chi connectivity index (χ0) is 8.91. The lowest BCUT2D eigenvalue weighted by Crippen LogP contribution is -2.20. The normalized spacial score (nSPS) is 15.0. The molecule has 0 heterocycles. The van der Waals surface area contributed by atoms with Crippen molar-refractivity contribution in [1.29, 1.82) is 0 Å². The fourth-order valence-corrected chi connectivity index (χ4v) is 1.15. The molecule has 0 aromatic heterocycles. The largest absolute Gasteiger partial charge is 0.244 e. The molecule has 0 aromatic rings. The Kier molecular flexibility index (Phi) is 6.09. The van der Waals surface area contributed by atoms with E-state index in [-0.39, 0.29) is 0 Å². The number of thiol groups is 3. The number of hydrogen-bond donors (Lipinski definition) is 3. The summed E-state index contributed by atoms with van der Waals surface area (Å²) >= 11 is 11.7. The third-order valence-corrected chi connectivity index (χ3v) is 2.32. The second-order valence-electron chi connectivity index (χ2n) is 2.65. The zero-order valence-electron chi connectivity index (χ0n) is 6.63. The molecule has 0 nitrogen and oxygen atoms in total. The summed E-state index contributed by atoms with van der Waals surface area (Å²) in [7, 11) is 0. The smallest absolute Gasteiger partial charge is 0.132 e. The van der Waals surface area contributed by atoms with Crippen LogP contribution in [0.4, 0.5) is 4.39 Å². The van der Waals surface area contributed by atoms with Crippen molar-refractivity contribution in [3.05, 3.63) is 0 Å². The topological polar surface area (TPSA) is 0 Å². The molecule has 0 rings (SSSR count). The first-order valence-electron chi connectivity index (χ1n) is 3.79. The summed E-state index contributed by atoms with van der Waals surface area (Å²) in [6, 6.07) is 0. The summed E-state index contributed by atoms with van der Waals surface area (Å²) in [5, 5.41) is 0.